The molecule has 0 radical (unpaired) electrons. The number of ether oxygens (including phenoxy) is 1. The van der Waals surface area contributed by atoms with Crippen LogP contribution in [0.15, 0.2) is 57.8 Å². The maximum Gasteiger partial charge on any atom is 0.363 e. The van der Waals surface area contributed by atoms with Crippen LogP contribution < -0.4 is 0 Å². The van der Waals surface area contributed by atoms with E-state index in [2.05, 4.69) is 4.99 Å². The molecule has 0 spiro atoms. The number of hydrogen-bond acceptors (Lipinski definition) is 4. The summed E-state index contributed by atoms with van der Waals surface area (Å²) in [6.07, 6.45) is 2.98. The molecule has 0 aliphatic carbocycles. The number of nitrogens with zero attached hydrogens (tertiary/aromatic N) is 1. The fourth-order valence-corrected chi connectivity index (χ4v) is 1.63. The van der Waals surface area contributed by atoms with Crippen molar-refractivity contribution < 1.29 is 18.3 Å². The first-order valence-corrected chi connectivity index (χ1v) is 5.54. The summed E-state index contributed by atoms with van der Waals surface area (Å²) in [6.45, 7) is 0. The molecule has 0 fully saturated rings. The molecule has 0 atom stereocenters. The monoisotopic (exact) mass is 257 g/mol. The molecule has 2 heterocycles. The minimum absolute atomic E-state index is 0.147. The zero-order valence-electron chi connectivity index (χ0n) is 9.67. The molecular formula is C14H8FNO3. The molecule has 5 heteroatoms. The van der Waals surface area contributed by atoms with Gasteiger partial charge in [0.1, 0.15) is 11.6 Å². The van der Waals surface area contributed by atoms with Crippen LogP contribution >= 0.6 is 0 Å². The van der Waals surface area contributed by atoms with E-state index in [1.807, 2.05) is 0 Å². The van der Waals surface area contributed by atoms with Crippen molar-refractivity contribution in [2.45, 2.75) is 0 Å². The molecule has 0 N–H and O–H groups in total. The van der Waals surface area contributed by atoms with E-state index in [0.717, 1.165) is 0 Å². The maximum atomic E-state index is 12.8. The van der Waals surface area contributed by atoms with Crippen molar-refractivity contribution in [1.82, 2.24) is 0 Å². The Kier molecular flexibility index (Phi) is 2.72. The van der Waals surface area contributed by atoms with Gasteiger partial charge in [0.05, 0.1) is 6.26 Å². The lowest BCUT2D eigenvalue weighted by Crippen LogP contribution is -2.05. The van der Waals surface area contributed by atoms with E-state index in [1.54, 1.807) is 12.1 Å². The number of carbonyl (C=O) groups is 1. The Morgan fingerprint density at radius 2 is 1.95 bits per heavy atom. The summed E-state index contributed by atoms with van der Waals surface area (Å²) < 4.78 is 22.9. The number of benzene rings is 1. The van der Waals surface area contributed by atoms with Crippen LogP contribution in [0.1, 0.15) is 11.3 Å². The van der Waals surface area contributed by atoms with Crippen LogP contribution in [0.2, 0.25) is 0 Å². The summed E-state index contributed by atoms with van der Waals surface area (Å²) >= 11 is 0. The van der Waals surface area contributed by atoms with Crippen molar-refractivity contribution in [2.24, 2.45) is 4.99 Å². The minimum Gasteiger partial charge on any atom is -0.465 e. The number of halogens is 1. The number of rotatable bonds is 2. The highest BCUT2D eigenvalue weighted by Crippen LogP contribution is 2.19. The van der Waals surface area contributed by atoms with E-state index in [-0.39, 0.29) is 17.4 Å². The average Bonchev–Trinajstić information content (AvgIpc) is 3.02. The molecule has 0 saturated carbocycles. The van der Waals surface area contributed by atoms with Crippen LogP contribution in [-0.2, 0) is 9.53 Å². The molecule has 0 unspecified atom stereocenters. The topological polar surface area (TPSA) is 51.8 Å². The lowest BCUT2D eigenvalue weighted by molar-refractivity contribution is -0.129. The van der Waals surface area contributed by atoms with Gasteiger partial charge in [-0.15, -0.1) is 0 Å². The number of cyclic esters (lactones) is 1. The first-order valence-electron chi connectivity index (χ1n) is 5.54. The van der Waals surface area contributed by atoms with Crippen LogP contribution in [0.3, 0.4) is 0 Å². The Morgan fingerprint density at radius 1 is 1.16 bits per heavy atom. The summed E-state index contributed by atoms with van der Waals surface area (Å²) in [5.41, 5.74) is 0.687. The number of carbonyl (C=O) groups excluding carboxylic acids is 1. The number of esters is 1. The molecule has 19 heavy (non-hydrogen) atoms. The Balaban J connectivity index is 1.93. The normalized spacial score (nSPS) is 16.6. The highest BCUT2D eigenvalue weighted by molar-refractivity contribution is 6.12. The second-order valence-electron chi connectivity index (χ2n) is 3.86. The van der Waals surface area contributed by atoms with Crippen molar-refractivity contribution in [3.8, 4) is 0 Å². The van der Waals surface area contributed by atoms with Crippen LogP contribution in [-0.4, -0.2) is 11.9 Å². The molecule has 0 bridgehead atoms. The summed E-state index contributed by atoms with van der Waals surface area (Å²) in [5, 5.41) is 0. The van der Waals surface area contributed by atoms with Gasteiger partial charge >= 0.3 is 5.97 Å². The largest absolute Gasteiger partial charge is 0.465 e. The van der Waals surface area contributed by atoms with Gasteiger partial charge in [-0.1, -0.05) is 0 Å². The fraction of sp³-hybridized carbons (Fsp3) is 0. The molecule has 1 aromatic heterocycles. The lowest BCUT2D eigenvalue weighted by atomic mass is 10.2. The van der Waals surface area contributed by atoms with Gasteiger partial charge in [0.25, 0.3) is 0 Å². The molecule has 4 nitrogen and oxygen atoms in total. The Labute approximate surface area is 107 Å². The summed E-state index contributed by atoms with van der Waals surface area (Å²) in [5.74, 6) is -0.255. The smallest absolute Gasteiger partial charge is 0.363 e. The zero-order chi connectivity index (χ0) is 13.2. The second-order valence-corrected chi connectivity index (χ2v) is 3.86. The van der Waals surface area contributed by atoms with Gasteiger partial charge in [-0.25, -0.2) is 14.2 Å². The summed E-state index contributed by atoms with van der Waals surface area (Å²) in [7, 11) is 0. The summed E-state index contributed by atoms with van der Waals surface area (Å²) in [6, 6.07) is 8.96. The zero-order valence-corrected chi connectivity index (χ0v) is 9.67. The van der Waals surface area contributed by atoms with Gasteiger partial charge in [0, 0.05) is 11.6 Å². The first-order chi connectivity index (χ1) is 9.22. The molecule has 1 aliphatic rings. The van der Waals surface area contributed by atoms with Gasteiger partial charge in [0.15, 0.2) is 5.70 Å². The molecular weight excluding hydrogens is 249 g/mol. The third-order valence-electron chi connectivity index (χ3n) is 2.53. The van der Waals surface area contributed by atoms with E-state index in [0.29, 0.717) is 11.3 Å². The van der Waals surface area contributed by atoms with E-state index in [9.17, 15) is 9.18 Å². The Morgan fingerprint density at radius 3 is 2.63 bits per heavy atom. The Bertz CT molecular complexity index is 669. The molecule has 94 valence electrons. The SMILES string of the molecule is O=C1OC(c2ccc(F)cc2)=N/C1=C\c1ccco1. The van der Waals surface area contributed by atoms with Crippen LogP contribution in [0.5, 0.6) is 0 Å². The van der Waals surface area contributed by atoms with E-state index in [1.165, 1.54) is 36.6 Å². The standard InChI is InChI=1S/C14H8FNO3/c15-10-5-3-9(4-6-10)13-16-12(14(17)19-13)8-11-2-1-7-18-11/h1-8H/b12-8-. The molecule has 1 aromatic carbocycles. The highest BCUT2D eigenvalue weighted by atomic mass is 19.1. The molecule has 2 aromatic rings. The minimum atomic E-state index is -0.560. The van der Waals surface area contributed by atoms with Crippen molar-refractivity contribution >= 4 is 17.9 Å². The molecule has 0 saturated heterocycles. The third kappa shape index (κ3) is 2.30. The van der Waals surface area contributed by atoms with Gasteiger partial charge in [-0.3, -0.25) is 0 Å². The van der Waals surface area contributed by atoms with Crippen molar-refractivity contribution in [3.63, 3.8) is 0 Å². The van der Waals surface area contributed by atoms with Gasteiger partial charge in [0.2, 0.25) is 5.90 Å². The van der Waals surface area contributed by atoms with Gasteiger partial charge in [-0.2, -0.15) is 0 Å². The van der Waals surface area contributed by atoms with Crippen LogP contribution in [0.25, 0.3) is 6.08 Å². The number of aliphatic imine (C=N–C) groups is 1. The van der Waals surface area contributed by atoms with Crippen molar-refractivity contribution in [1.29, 1.82) is 0 Å². The van der Waals surface area contributed by atoms with Crippen LogP contribution in [0, 0.1) is 5.82 Å². The first kappa shape index (κ1) is 11.4. The molecule has 0 amide bonds. The van der Waals surface area contributed by atoms with Crippen molar-refractivity contribution in [2.75, 3.05) is 0 Å². The highest BCUT2D eigenvalue weighted by Gasteiger charge is 2.24. The average molecular weight is 257 g/mol. The summed E-state index contributed by atoms with van der Waals surface area (Å²) in [4.78, 5) is 15.7. The maximum absolute atomic E-state index is 12.8. The van der Waals surface area contributed by atoms with E-state index in [4.69, 9.17) is 9.15 Å². The number of furan rings is 1. The van der Waals surface area contributed by atoms with Crippen molar-refractivity contribution in [3.05, 3.63) is 65.5 Å². The fourth-order valence-electron chi connectivity index (χ4n) is 1.63. The number of hydrogen-bond donors (Lipinski definition) is 0. The van der Waals surface area contributed by atoms with E-state index >= 15 is 0 Å². The lowest BCUT2D eigenvalue weighted by Gasteiger charge is -1.98. The molecule has 3 rings (SSSR count). The quantitative estimate of drug-likeness (QED) is 0.614. The Hall–Kier alpha value is -2.69. The van der Waals surface area contributed by atoms with E-state index < -0.39 is 5.97 Å². The second kappa shape index (κ2) is 4.53. The molecule has 1 aliphatic heterocycles. The van der Waals surface area contributed by atoms with Gasteiger partial charge < -0.3 is 9.15 Å². The van der Waals surface area contributed by atoms with Gasteiger partial charge in [-0.05, 0) is 36.4 Å². The third-order valence-corrected chi connectivity index (χ3v) is 2.53. The predicted molar refractivity (Wildman–Crippen MR) is 65.7 cm³/mol. The predicted octanol–water partition coefficient (Wildman–Crippen LogP) is 2.76. The van der Waals surface area contributed by atoms with Crippen LogP contribution in [0.4, 0.5) is 4.39 Å².